The third-order valence-electron chi connectivity index (χ3n) is 5.53. The van der Waals surface area contributed by atoms with Gasteiger partial charge in [-0.3, -0.25) is 4.79 Å². The third-order valence-corrected chi connectivity index (χ3v) is 5.53. The molecule has 2 aromatic carbocycles. The molecule has 2 unspecified atom stereocenters. The van der Waals surface area contributed by atoms with Gasteiger partial charge in [0.05, 0.1) is 7.11 Å². The lowest BCUT2D eigenvalue weighted by Gasteiger charge is -2.20. The van der Waals surface area contributed by atoms with Gasteiger partial charge < -0.3 is 15.2 Å². The minimum Gasteiger partial charge on any atom is -0.497 e. The van der Waals surface area contributed by atoms with Crippen LogP contribution in [0.2, 0.25) is 0 Å². The topological polar surface area (TPSA) is 75.6 Å². The molecule has 2 aromatic rings. The van der Waals surface area contributed by atoms with Gasteiger partial charge in [0, 0.05) is 12.0 Å². The standard InChI is InChI=1S/C25H33NO4/c1-4-6-10-18(5-2)15-21-16-22(30-3)14-13-20(21)17-23(25(28)29)26-24(27)19-11-8-7-9-12-19/h7-9,11-14,16,18,23H,4-6,10,15,17H2,1-3H3,(H,26,27)(H,28,29). The van der Waals surface area contributed by atoms with Crippen LogP contribution in [0.15, 0.2) is 48.5 Å². The number of nitrogens with one attached hydrogen (secondary N) is 1. The number of aliphatic carboxylic acids is 1. The van der Waals surface area contributed by atoms with Gasteiger partial charge in [0.1, 0.15) is 11.8 Å². The van der Waals surface area contributed by atoms with E-state index in [2.05, 4.69) is 19.2 Å². The van der Waals surface area contributed by atoms with Crippen LogP contribution in [-0.2, 0) is 17.6 Å². The highest BCUT2D eigenvalue weighted by atomic mass is 16.5. The quantitative estimate of drug-likeness (QED) is 0.522. The molecule has 0 aliphatic rings. The summed E-state index contributed by atoms with van der Waals surface area (Å²) in [5, 5.41) is 12.4. The number of benzene rings is 2. The first-order valence-electron chi connectivity index (χ1n) is 10.7. The van der Waals surface area contributed by atoms with Gasteiger partial charge in [0.15, 0.2) is 0 Å². The fourth-order valence-corrected chi connectivity index (χ4v) is 3.62. The van der Waals surface area contributed by atoms with Crippen molar-refractivity contribution in [1.82, 2.24) is 5.32 Å². The SMILES string of the molecule is CCCCC(CC)Cc1cc(OC)ccc1CC(NC(=O)c1ccccc1)C(=O)O. The highest BCUT2D eigenvalue weighted by Crippen LogP contribution is 2.25. The molecule has 0 aromatic heterocycles. The highest BCUT2D eigenvalue weighted by molar-refractivity contribution is 5.96. The number of ether oxygens (including phenoxy) is 1. The predicted molar refractivity (Wildman–Crippen MR) is 119 cm³/mol. The number of hydrogen-bond acceptors (Lipinski definition) is 3. The summed E-state index contributed by atoms with van der Waals surface area (Å²) in [7, 11) is 1.63. The van der Waals surface area contributed by atoms with Crippen molar-refractivity contribution in [3.63, 3.8) is 0 Å². The molecule has 0 spiro atoms. The Bertz CT molecular complexity index is 819. The molecule has 2 N–H and O–H groups in total. The first-order valence-corrected chi connectivity index (χ1v) is 10.7. The third kappa shape index (κ3) is 6.90. The Balaban J connectivity index is 2.22. The number of hydrogen-bond donors (Lipinski definition) is 2. The average Bonchev–Trinajstić information content (AvgIpc) is 2.77. The monoisotopic (exact) mass is 411 g/mol. The van der Waals surface area contributed by atoms with E-state index in [1.807, 2.05) is 24.3 Å². The molecule has 0 fully saturated rings. The van der Waals surface area contributed by atoms with Gasteiger partial charge in [-0.05, 0) is 47.7 Å². The zero-order chi connectivity index (χ0) is 21.9. The second kappa shape index (κ2) is 12.0. The van der Waals surface area contributed by atoms with Crippen LogP contribution in [-0.4, -0.2) is 30.1 Å². The van der Waals surface area contributed by atoms with E-state index in [-0.39, 0.29) is 12.3 Å². The fraction of sp³-hybridized carbons (Fsp3) is 0.440. The molecule has 5 heteroatoms. The van der Waals surface area contributed by atoms with Crippen LogP contribution in [0.1, 0.15) is 61.0 Å². The molecule has 5 nitrogen and oxygen atoms in total. The number of carbonyl (C=O) groups excluding carboxylic acids is 1. The smallest absolute Gasteiger partial charge is 0.326 e. The van der Waals surface area contributed by atoms with Gasteiger partial charge in [-0.1, -0.05) is 63.8 Å². The van der Waals surface area contributed by atoms with Crippen LogP contribution >= 0.6 is 0 Å². The number of carboxylic acid groups (broad SMARTS) is 1. The number of carboxylic acids is 1. The Kier molecular flexibility index (Phi) is 9.39. The first-order chi connectivity index (χ1) is 14.5. The maximum Gasteiger partial charge on any atom is 0.326 e. The van der Waals surface area contributed by atoms with E-state index in [0.29, 0.717) is 11.5 Å². The van der Waals surface area contributed by atoms with E-state index in [9.17, 15) is 14.7 Å². The maximum absolute atomic E-state index is 12.5. The van der Waals surface area contributed by atoms with Gasteiger partial charge in [-0.2, -0.15) is 0 Å². The van der Waals surface area contributed by atoms with Gasteiger partial charge in [0.25, 0.3) is 5.91 Å². The average molecular weight is 412 g/mol. The molecular weight excluding hydrogens is 378 g/mol. The summed E-state index contributed by atoms with van der Waals surface area (Å²) in [5.41, 5.74) is 2.48. The number of carbonyl (C=O) groups is 2. The molecule has 2 atom stereocenters. The molecule has 0 aliphatic carbocycles. The van der Waals surface area contributed by atoms with Crippen molar-refractivity contribution in [3.8, 4) is 5.75 Å². The van der Waals surface area contributed by atoms with Crippen LogP contribution in [0, 0.1) is 5.92 Å². The van der Waals surface area contributed by atoms with Crippen LogP contribution in [0.4, 0.5) is 0 Å². The Morgan fingerprint density at radius 3 is 2.37 bits per heavy atom. The van der Waals surface area contributed by atoms with Crippen molar-refractivity contribution in [1.29, 1.82) is 0 Å². The molecule has 0 radical (unpaired) electrons. The Morgan fingerprint density at radius 1 is 1.03 bits per heavy atom. The van der Waals surface area contributed by atoms with E-state index in [1.54, 1.807) is 31.4 Å². The molecule has 1 amide bonds. The highest BCUT2D eigenvalue weighted by Gasteiger charge is 2.23. The zero-order valence-corrected chi connectivity index (χ0v) is 18.2. The minimum absolute atomic E-state index is 0.234. The van der Waals surface area contributed by atoms with E-state index in [1.165, 1.54) is 6.42 Å². The Hall–Kier alpha value is -2.82. The summed E-state index contributed by atoms with van der Waals surface area (Å²) in [4.78, 5) is 24.4. The fourth-order valence-electron chi connectivity index (χ4n) is 3.62. The molecule has 0 saturated carbocycles. The van der Waals surface area contributed by atoms with E-state index >= 15 is 0 Å². The lowest BCUT2D eigenvalue weighted by atomic mass is 9.88. The van der Waals surface area contributed by atoms with E-state index in [0.717, 1.165) is 42.6 Å². The second-order valence-electron chi connectivity index (χ2n) is 7.69. The summed E-state index contributed by atoms with van der Waals surface area (Å²) >= 11 is 0. The molecular formula is C25H33NO4. The van der Waals surface area contributed by atoms with Crippen molar-refractivity contribution >= 4 is 11.9 Å². The van der Waals surface area contributed by atoms with Crippen LogP contribution in [0.5, 0.6) is 5.75 Å². The number of methoxy groups -OCH3 is 1. The van der Waals surface area contributed by atoms with Gasteiger partial charge in [-0.25, -0.2) is 4.79 Å². The zero-order valence-electron chi connectivity index (χ0n) is 18.2. The minimum atomic E-state index is -1.04. The van der Waals surface area contributed by atoms with Crippen LogP contribution in [0.3, 0.4) is 0 Å². The molecule has 2 rings (SSSR count). The number of amides is 1. The molecule has 0 aliphatic heterocycles. The van der Waals surface area contributed by atoms with Crippen molar-refractivity contribution in [2.45, 2.75) is 58.4 Å². The molecule has 162 valence electrons. The Morgan fingerprint density at radius 2 is 1.77 bits per heavy atom. The van der Waals surface area contributed by atoms with E-state index < -0.39 is 12.0 Å². The lowest BCUT2D eigenvalue weighted by Crippen LogP contribution is -2.42. The predicted octanol–water partition coefficient (Wildman–Crippen LogP) is 4.88. The maximum atomic E-state index is 12.5. The van der Waals surface area contributed by atoms with Gasteiger partial charge >= 0.3 is 5.97 Å². The number of unbranched alkanes of at least 4 members (excludes halogenated alkanes) is 1. The summed E-state index contributed by atoms with van der Waals surface area (Å²) in [6, 6.07) is 13.5. The van der Waals surface area contributed by atoms with Crippen molar-refractivity contribution in [3.05, 3.63) is 65.2 Å². The Labute approximate surface area is 179 Å². The lowest BCUT2D eigenvalue weighted by molar-refractivity contribution is -0.139. The largest absolute Gasteiger partial charge is 0.497 e. The van der Waals surface area contributed by atoms with Crippen LogP contribution < -0.4 is 10.1 Å². The van der Waals surface area contributed by atoms with Crippen molar-refractivity contribution < 1.29 is 19.4 Å². The summed E-state index contributed by atoms with van der Waals surface area (Å²) in [6.07, 6.45) is 5.68. The van der Waals surface area contributed by atoms with Crippen molar-refractivity contribution in [2.75, 3.05) is 7.11 Å². The molecule has 0 saturated heterocycles. The van der Waals surface area contributed by atoms with Gasteiger partial charge in [0.2, 0.25) is 0 Å². The van der Waals surface area contributed by atoms with Gasteiger partial charge in [-0.15, -0.1) is 0 Å². The normalized spacial score (nSPS) is 12.8. The summed E-state index contributed by atoms with van der Waals surface area (Å²) in [6.45, 7) is 4.39. The number of rotatable bonds is 12. The molecule has 0 heterocycles. The molecule has 0 bridgehead atoms. The summed E-state index contributed by atoms with van der Waals surface area (Å²) < 4.78 is 5.39. The summed E-state index contributed by atoms with van der Waals surface area (Å²) in [5.74, 6) is -0.121. The first kappa shape index (κ1) is 23.5. The second-order valence-corrected chi connectivity index (χ2v) is 7.69. The van der Waals surface area contributed by atoms with Crippen LogP contribution in [0.25, 0.3) is 0 Å². The van der Waals surface area contributed by atoms with E-state index in [4.69, 9.17) is 4.74 Å². The molecule has 30 heavy (non-hydrogen) atoms. The van der Waals surface area contributed by atoms with Crippen molar-refractivity contribution in [2.24, 2.45) is 5.92 Å².